The fourth-order valence-electron chi connectivity index (χ4n) is 2.22. The number of hydrogen-bond acceptors (Lipinski definition) is 4. The lowest BCUT2D eigenvalue weighted by Crippen LogP contribution is -2.28. The highest BCUT2D eigenvalue weighted by Crippen LogP contribution is 2.32. The fourth-order valence-corrected chi connectivity index (χ4v) is 2.22. The van der Waals surface area contributed by atoms with Crippen LogP contribution in [-0.2, 0) is 6.54 Å². The Balaban J connectivity index is 2.05. The van der Waals surface area contributed by atoms with E-state index in [1.54, 1.807) is 12.1 Å². The maximum Gasteiger partial charge on any atom is 0.319 e. The van der Waals surface area contributed by atoms with Gasteiger partial charge in [0.05, 0.1) is 25.9 Å². The Morgan fingerprint density at radius 1 is 1.20 bits per heavy atom. The van der Waals surface area contributed by atoms with Crippen LogP contribution in [0.1, 0.15) is 16.7 Å². The van der Waals surface area contributed by atoms with Crippen LogP contribution in [0.25, 0.3) is 0 Å². The summed E-state index contributed by atoms with van der Waals surface area (Å²) in [5, 5.41) is 14.0. The number of anilines is 1. The van der Waals surface area contributed by atoms with Crippen molar-refractivity contribution < 1.29 is 18.7 Å². The lowest BCUT2D eigenvalue weighted by atomic mass is 10.1. The van der Waals surface area contributed by atoms with Crippen molar-refractivity contribution >= 4 is 11.7 Å². The van der Waals surface area contributed by atoms with E-state index in [9.17, 15) is 9.18 Å². The van der Waals surface area contributed by atoms with Crippen molar-refractivity contribution in [1.82, 2.24) is 5.32 Å². The molecule has 0 aromatic heterocycles. The minimum absolute atomic E-state index is 0.00425. The van der Waals surface area contributed by atoms with Gasteiger partial charge in [0.25, 0.3) is 0 Å². The molecule has 2 amide bonds. The third-order valence-electron chi connectivity index (χ3n) is 3.60. The van der Waals surface area contributed by atoms with Gasteiger partial charge in [-0.1, -0.05) is 6.07 Å². The van der Waals surface area contributed by atoms with Gasteiger partial charge in [0.15, 0.2) is 11.5 Å². The van der Waals surface area contributed by atoms with Gasteiger partial charge in [-0.05, 0) is 30.7 Å². The van der Waals surface area contributed by atoms with Crippen LogP contribution in [0.5, 0.6) is 11.5 Å². The summed E-state index contributed by atoms with van der Waals surface area (Å²) in [6, 6.07) is 8.86. The maximum atomic E-state index is 13.8. The summed E-state index contributed by atoms with van der Waals surface area (Å²) >= 11 is 0. The fraction of sp³-hybridized carbons (Fsp3) is 0.222. The number of benzene rings is 2. The topological polar surface area (TPSA) is 83.4 Å². The number of methoxy groups -OCH3 is 2. The predicted molar refractivity (Wildman–Crippen MR) is 91.3 cm³/mol. The normalized spacial score (nSPS) is 9.88. The molecule has 0 aliphatic carbocycles. The smallest absolute Gasteiger partial charge is 0.319 e. The summed E-state index contributed by atoms with van der Waals surface area (Å²) in [6.07, 6.45) is 0. The van der Waals surface area contributed by atoms with Gasteiger partial charge in [0.1, 0.15) is 5.82 Å². The highest BCUT2D eigenvalue weighted by molar-refractivity contribution is 5.90. The Morgan fingerprint density at radius 3 is 2.48 bits per heavy atom. The molecule has 130 valence electrons. The Kier molecular flexibility index (Phi) is 5.79. The van der Waals surface area contributed by atoms with E-state index < -0.39 is 11.8 Å². The third kappa shape index (κ3) is 4.38. The van der Waals surface area contributed by atoms with Crippen LogP contribution in [0.3, 0.4) is 0 Å². The minimum atomic E-state index is -0.540. The van der Waals surface area contributed by atoms with E-state index in [2.05, 4.69) is 10.6 Å². The van der Waals surface area contributed by atoms with Gasteiger partial charge < -0.3 is 20.1 Å². The van der Waals surface area contributed by atoms with Crippen molar-refractivity contribution in [3.05, 3.63) is 52.8 Å². The molecule has 0 unspecified atom stereocenters. The molecule has 7 heteroatoms. The molecule has 0 saturated carbocycles. The van der Waals surface area contributed by atoms with Crippen molar-refractivity contribution in [1.29, 1.82) is 5.26 Å². The van der Waals surface area contributed by atoms with Crippen molar-refractivity contribution in [2.75, 3.05) is 19.5 Å². The summed E-state index contributed by atoms with van der Waals surface area (Å²) in [5.74, 6) is 0.508. The van der Waals surface area contributed by atoms with Crippen LogP contribution < -0.4 is 20.1 Å². The second-order valence-corrected chi connectivity index (χ2v) is 5.25. The number of hydrogen-bond donors (Lipinski definition) is 2. The van der Waals surface area contributed by atoms with Crippen LogP contribution in [0, 0.1) is 24.1 Å². The van der Waals surface area contributed by atoms with Gasteiger partial charge in [-0.25, -0.2) is 9.18 Å². The van der Waals surface area contributed by atoms with E-state index in [-0.39, 0.29) is 17.7 Å². The standard InChI is InChI=1S/C18H18FN3O3/c1-11-6-16(24-2)17(25-3)8-15(11)22-18(23)21-10-13-5-4-12(9-20)7-14(13)19/h4-8H,10H2,1-3H3,(H2,21,22,23). The number of carbonyl (C=O) groups is 1. The van der Waals surface area contributed by atoms with Gasteiger partial charge in [0, 0.05) is 23.9 Å². The molecule has 0 fully saturated rings. The average Bonchev–Trinajstić information content (AvgIpc) is 2.61. The minimum Gasteiger partial charge on any atom is -0.493 e. The van der Waals surface area contributed by atoms with E-state index in [4.69, 9.17) is 14.7 Å². The van der Waals surface area contributed by atoms with Crippen LogP contribution in [0.15, 0.2) is 30.3 Å². The molecule has 6 nitrogen and oxygen atoms in total. The number of halogens is 1. The number of aryl methyl sites for hydroxylation is 1. The number of rotatable bonds is 5. The third-order valence-corrected chi connectivity index (χ3v) is 3.60. The molecule has 0 spiro atoms. The maximum absolute atomic E-state index is 13.8. The second-order valence-electron chi connectivity index (χ2n) is 5.25. The van der Waals surface area contributed by atoms with Crippen LogP contribution >= 0.6 is 0 Å². The molecular formula is C18H18FN3O3. The monoisotopic (exact) mass is 343 g/mol. The van der Waals surface area contributed by atoms with E-state index in [0.29, 0.717) is 17.2 Å². The van der Waals surface area contributed by atoms with E-state index in [1.807, 2.05) is 13.0 Å². The van der Waals surface area contributed by atoms with Crippen LogP contribution in [0.4, 0.5) is 14.9 Å². The molecule has 2 rings (SSSR count). The van der Waals surface area contributed by atoms with Crippen molar-refractivity contribution in [2.24, 2.45) is 0 Å². The van der Waals surface area contributed by atoms with Gasteiger partial charge in [-0.2, -0.15) is 5.26 Å². The van der Waals surface area contributed by atoms with Crippen molar-refractivity contribution in [3.8, 4) is 17.6 Å². The second kappa shape index (κ2) is 8.02. The molecule has 0 atom stereocenters. The molecule has 2 N–H and O–H groups in total. The van der Waals surface area contributed by atoms with Gasteiger partial charge in [-0.15, -0.1) is 0 Å². The number of ether oxygens (including phenoxy) is 2. The molecule has 2 aromatic carbocycles. The highest BCUT2D eigenvalue weighted by atomic mass is 19.1. The predicted octanol–water partition coefficient (Wildman–Crippen LogP) is 3.34. The first-order chi connectivity index (χ1) is 12.0. The highest BCUT2D eigenvalue weighted by Gasteiger charge is 2.11. The Labute approximate surface area is 145 Å². The Morgan fingerprint density at radius 2 is 1.88 bits per heavy atom. The molecule has 0 saturated heterocycles. The lowest BCUT2D eigenvalue weighted by molar-refractivity contribution is 0.251. The number of nitrogens with one attached hydrogen (secondary N) is 2. The first-order valence-electron chi connectivity index (χ1n) is 7.44. The van der Waals surface area contributed by atoms with Gasteiger partial charge in [-0.3, -0.25) is 0 Å². The van der Waals surface area contributed by atoms with Crippen molar-refractivity contribution in [2.45, 2.75) is 13.5 Å². The summed E-state index contributed by atoms with van der Waals surface area (Å²) in [7, 11) is 3.04. The summed E-state index contributed by atoms with van der Waals surface area (Å²) in [4.78, 5) is 12.1. The largest absolute Gasteiger partial charge is 0.493 e. The quantitative estimate of drug-likeness (QED) is 0.872. The number of nitriles is 1. The van der Waals surface area contributed by atoms with Crippen LogP contribution in [-0.4, -0.2) is 20.3 Å². The van der Waals surface area contributed by atoms with Gasteiger partial charge >= 0.3 is 6.03 Å². The zero-order valence-electron chi connectivity index (χ0n) is 14.1. The summed E-state index contributed by atoms with van der Waals surface area (Å²) in [6.45, 7) is 1.81. The number of carbonyl (C=O) groups excluding carboxylic acids is 1. The molecule has 2 aromatic rings. The zero-order chi connectivity index (χ0) is 18.4. The van der Waals surface area contributed by atoms with E-state index in [0.717, 1.165) is 11.6 Å². The van der Waals surface area contributed by atoms with Crippen molar-refractivity contribution in [3.63, 3.8) is 0 Å². The summed E-state index contributed by atoms with van der Waals surface area (Å²) < 4.78 is 24.2. The molecular weight excluding hydrogens is 325 g/mol. The first kappa shape index (κ1) is 18.1. The Hall–Kier alpha value is -3.27. The molecule has 0 bridgehead atoms. The van der Waals surface area contributed by atoms with E-state index in [1.165, 1.54) is 26.4 Å². The molecule has 0 aliphatic heterocycles. The number of nitrogens with zero attached hydrogens (tertiary/aromatic N) is 1. The number of urea groups is 1. The summed E-state index contributed by atoms with van der Waals surface area (Å²) in [5.41, 5.74) is 1.86. The van der Waals surface area contributed by atoms with Crippen LogP contribution in [0.2, 0.25) is 0 Å². The molecule has 0 heterocycles. The number of amides is 2. The molecule has 25 heavy (non-hydrogen) atoms. The van der Waals surface area contributed by atoms with Gasteiger partial charge in [0.2, 0.25) is 0 Å². The average molecular weight is 343 g/mol. The zero-order valence-corrected chi connectivity index (χ0v) is 14.1. The lowest BCUT2D eigenvalue weighted by Gasteiger charge is -2.14. The molecule has 0 radical (unpaired) electrons. The van der Waals surface area contributed by atoms with E-state index >= 15 is 0 Å². The SMILES string of the molecule is COc1cc(C)c(NC(=O)NCc2ccc(C#N)cc2F)cc1OC. The first-order valence-corrected chi connectivity index (χ1v) is 7.44. The Bertz CT molecular complexity index is 831. The molecule has 0 aliphatic rings.